The number of hydrogen-bond donors (Lipinski definition) is 3. The van der Waals surface area contributed by atoms with Crippen molar-refractivity contribution < 1.29 is 9.59 Å². The van der Waals surface area contributed by atoms with Gasteiger partial charge >= 0.3 is 0 Å². The van der Waals surface area contributed by atoms with Crippen LogP contribution in [0.25, 0.3) is 10.9 Å². The van der Waals surface area contributed by atoms with Crippen LogP contribution in [0.1, 0.15) is 0 Å². The number of nitrogens with two attached hydrogens (primary N) is 1. The Morgan fingerprint density at radius 2 is 2.33 bits per heavy atom. The summed E-state index contributed by atoms with van der Waals surface area (Å²) in [6.45, 7) is 0. The number of hydrogen-bond acceptors (Lipinski definition) is 5. The van der Waals surface area contributed by atoms with Gasteiger partial charge in [-0.15, -0.1) is 0 Å². The molecule has 0 aliphatic heterocycles. The number of aromatic amines is 1. The minimum absolute atomic E-state index is 0.179. The SMILES string of the molecule is Nc1ncc(NC(=O)C=O)c2[nH]ncc12. The van der Waals surface area contributed by atoms with Crippen molar-refractivity contribution in [1.29, 1.82) is 0 Å². The Hall–Kier alpha value is -2.44. The van der Waals surface area contributed by atoms with E-state index in [1.54, 1.807) is 0 Å². The molecule has 0 atom stereocenters. The van der Waals surface area contributed by atoms with Crippen LogP contribution in [0, 0.1) is 0 Å². The van der Waals surface area contributed by atoms with E-state index in [4.69, 9.17) is 5.73 Å². The van der Waals surface area contributed by atoms with E-state index >= 15 is 0 Å². The van der Waals surface area contributed by atoms with Gasteiger partial charge in [0.15, 0.2) is 0 Å². The van der Waals surface area contributed by atoms with Crippen LogP contribution in [0.2, 0.25) is 0 Å². The van der Waals surface area contributed by atoms with Gasteiger partial charge in [0.2, 0.25) is 6.29 Å². The van der Waals surface area contributed by atoms with Gasteiger partial charge in [0.25, 0.3) is 5.91 Å². The van der Waals surface area contributed by atoms with E-state index in [0.717, 1.165) is 0 Å². The van der Waals surface area contributed by atoms with E-state index in [0.29, 0.717) is 22.4 Å². The third kappa shape index (κ3) is 1.50. The summed E-state index contributed by atoms with van der Waals surface area (Å²) in [4.78, 5) is 24.9. The fourth-order valence-electron chi connectivity index (χ4n) is 1.21. The van der Waals surface area contributed by atoms with Crippen LogP contribution in [-0.2, 0) is 9.59 Å². The van der Waals surface area contributed by atoms with E-state index in [2.05, 4.69) is 20.5 Å². The van der Waals surface area contributed by atoms with Gasteiger partial charge in [-0.25, -0.2) is 4.98 Å². The van der Waals surface area contributed by atoms with Gasteiger partial charge in [0.1, 0.15) is 5.82 Å². The Bertz CT molecular complexity index is 533. The predicted molar refractivity (Wildman–Crippen MR) is 53.0 cm³/mol. The highest BCUT2D eigenvalue weighted by atomic mass is 16.2. The second-order valence-corrected chi connectivity index (χ2v) is 2.82. The quantitative estimate of drug-likeness (QED) is 0.459. The molecular weight excluding hydrogens is 198 g/mol. The number of carbonyl (C=O) groups excluding carboxylic acids is 2. The lowest BCUT2D eigenvalue weighted by atomic mass is 10.3. The molecule has 2 rings (SSSR count). The van der Waals surface area contributed by atoms with Crippen molar-refractivity contribution in [3.8, 4) is 0 Å². The maximum absolute atomic E-state index is 10.9. The normalized spacial score (nSPS) is 10.1. The largest absolute Gasteiger partial charge is 0.383 e. The van der Waals surface area contributed by atoms with Crippen molar-refractivity contribution in [3.05, 3.63) is 12.4 Å². The first-order valence-electron chi connectivity index (χ1n) is 4.06. The van der Waals surface area contributed by atoms with Gasteiger partial charge in [0.05, 0.1) is 29.0 Å². The van der Waals surface area contributed by atoms with Crippen molar-refractivity contribution in [2.75, 3.05) is 11.1 Å². The Morgan fingerprint density at radius 3 is 3.07 bits per heavy atom. The van der Waals surface area contributed by atoms with Crippen LogP contribution in [0.4, 0.5) is 11.5 Å². The number of nitrogens with one attached hydrogen (secondary N) is 2. The number of aldehydes is 1. The number of aromatic nitrogens is 3. The highest BCUT2D eigenvalue weighted by Crippen LogP contribution is 2.23. The van der Waals surface area contributed by atoms with E-state index in [-0.39, 0.29) is 6.29 Å². The Balaban J connectivity index is 2.52. The first-order valence-corrected chi connectivity index (χ1v) is 4.06. The van der Waals surface area contributed by atoms with E-state index < -0.39 is 5.91 Å². The standard InChI is InChI=1S/C8H7N5O2/c9-8-4-1-11-13-7(4)5(2-10-8)12-6(15)3-14/h1-3H,(H2,9,10)(H,11,13)(H,12,15). The van der Waals surface area contributed by atoms with Crippen LogP contribution >= 0.6 is 0 Å². The van der Waals surface area contributed by atoms with Crippen LogP contribution < -0.4 is 11.1 Å². The van der Waals surface area contributed by atoms with Crippen molar-refractivity contribution in [3.63, 3.8) is 0 Å². The van der Waals surface area contributed by atoms with Gasteiger partial charge in [0, 0.05) is 0 Å². The molecule has 0 unspecified atom stereocenters. The van der Waals surface area contributed by atoms with Crippen molar-refractivity contribution in [2.45, 2.75) is 0 Å². The summed E-state index contributed by atoms with van der Waals surface area (Å²) >= 11 is 0. The number of H-pyrrole nitrogens is 1. The van der Waals surface area contributed by atoms with Gasteiger partial charge in [-0.3, -0.25) is 14.7 Å². The topological polar surface area (TPSA) is 114 Å². The molecule has 7 nitrogen and oxygen atoms in total. The summed E-state index contributed by atoms with van der Waals surface area (Å²) < 4.78 is 0. The van der Waals surface area contributed by atoms with Gasteiger partial charge in [-0.2, -0.15) is 5.10 Å². The summed E-state index contributed by atoms with van der Waals surface area (Å²) in [6.07, 6.45) is 3.03. The van der Waals surface area contributed by atoms with Gasteiger partial charge in [-0.05, 0) is 0 Å². The average molecular weight is 205 g/mol. The lowest BCUT2D eigenvalue weighted by Gasteiger charge is -2.02. The Kier molecular flexibility index (Phi) is 2.05. The maximum atomic E-state index is 10.9. The number of pyridine rings is 1. The summed E-state index contributed by atoms with van der Waals surface area (Å²) in [5.41, 5.74) is 6.49. The zero-order chi connectivity index (χ0) is 10.8. The number of rotatable bonds is 2. The predicted octanol–water partition coefficient (Wildman–Crippen LogP) is -0.323. The van der Waals surface area contributed by atoms with E-state index in [1.165, 1.54) is 12.4 Å². The minimum Gasteiger partial charge on any atom is -0.383 e. The van der Waals surface area contributed by atoms with E-state index in [9.17, 15) is 9.59 Å². The molecule has 0 saturated heterocycles. The Labute approximate surface area is 83.7 Å². The van der Waals surface area contributed by atoms with Crippen molar-refractivity contribution in [1.82, 2.24) is 15.2 Å². The van der Waals surface area contributed by atoms with Crippen LogP contribution in [0.5, 0.6) is 0 Å². The molecule has 0 aliphatic carbocycles. The lowest BCUT2D eigenvalue weighted by Crippen LogP contribution is -2.13. The molecule has 2 heterocycles. The molecule has 0 spiro atoms. The van der Waals surface area contributed by atoms with E-state index in [1.807, 2.05) is 0 Å². The lowest BCUT2D eigenvalue weighted by molar-refractivity contribution is -0.127. The second kappa shape index (κ2) is 3.37. The third-order valence-corrected chi connectivity index (χ3v) is 1.88. The molecule has 4 N–H and O–H groups in total. The first kappa shape index (κ1) is 9.13. The van der Waals surface area contributed by atoms with Crippen LogP contribution in [0.3, 0.4) is 0 Å². The number of anilines is 2. The molecule has 0 saturated carbocycles. The van der Waals surface area contributed by atoms with Gasteiger partial charge in [-0.1, -0.05) is 0 Å². The van der Waals surface area contributed by atoms with Crippen molar-refractivity contribution in [2.24, 2.45) is 0 Å². The highest BCUT2D eigenvalue weighted by molar-refractivity contribution is 6.30. The zero-order valence-electron chi connectivity index (χ0n) is 7.52. The van der Waals surface area contributed by atoms with Gasteiger partial charge < -0.3 is 11.1 Å². The molecule has 0 aromatic carbocycles. The fraction of sp³-hybridized carbons (Fsp3) is 0. The second-order valence-electron chi connectivity index (χ2n) is 2.82. The summed E-state index contributed by atoms with van der Waals surface area (Å²) in [5.74, 6) is -0.444. The number of fused-ring (bicyclic) bond motifs is 1. The number of carbonyl (C=O) groups is 2. The monoisotopic (exact) mass is 205 g/mol. The van der Waals surface area contributed by atoms with Crippen LogP contribution in [-0.4, -0.2) is 27.4 Å². The van der Waals surface area contributed by atoms with Crippen LogP contribution in [0.15, 0.2) is 12.4 Å². The molecule has 7 heteroatoms. The number of amides is 1. The van der Waals surface area contributed by atoms with Crippen molar-refractivity contribution >= 4 is 34.6 Å². The fourth-order valence-corrected chi connectivity index (χ4v) is 1.21. The molecule has 2 aromatic heterocycles. The number of nitrogen functional groups attached to an aromatic ring is 1. The molecule has 0 aliphatic rings. The summed E-state index contributed by atoms with van der Waals surface area (Å²) in [7, 11) is 0. The third-order valence-electron chi connectivity index (χ3n) is 1.88. The molecule has 76 valence electrons. The smallest absolute Gasteiger partial charge is 0.288 e. The minimum atomic E-state index is -0.752. The Morgan fingerprint density at radius 1 is 1.53 bits per heavy atom. The maximum Gasteiger partial charge on any atom is 0.288 e. The molecule has 2 aromatic rings. The highest BCUT2D eigenvalue weighted by Gasteiger charge is 2.09. The molecule has 0 radical (unpaired) electrons. The molecule has 15 heavy (non-hydrogen) atoms. The molecule has 0 fully saturated rings. The summed E-state index contributed by atoms with van der Waals surface area (Å²) in [6, 6.07) is 0. The summed E-state index contributed by atoms with van der Waals surface area (Å²) in [5, 5.41) is 9.38. The molecular formula is C8H7N5O2. The molecule has 0 bridgehead atoms. The first-order chi connectivity index (χ1) is 7.22. The molecule has 1 amide bonds. The average Bonchev–Trinajstić information content (AvgIpc) is 2.71. The zero-order valence-corrected chi connectivity index (χ0v) is 7.52. The number of nitrogens with zero attached hydrogens (tertiary/aromatic N) is 2.